The Morgan fingerprint density at radius 2 is 1.56 bits per heavy atom. The highest BCUT2D eigenvalue weighted by atomic mass is 32.2. The third-order valence-corrected chi connectivity index (χ3v) is 2.27. The van der Waals surface area contributed by atoms with Gasteiger partial charge in [-0.25, -0.2) is 0 Å². The Balaban J connectivity index is 2.74. The van der Waals surface area contributed by atoms with E-state index in [9.17, 15) is 0 Å². The molecule has 0 amide bonds. The first-order valence-electron chi connectivity index (χ1n) is 2.62. The maximum atomic E-state index is 3.59. The lowest BCUT2D eigenvalue weighted by molar-refractivity contribution is 1.81. The van der Waals surface area contributed by atoms with Crippen molar-refractivity contribution in [3.05, 3.63) is 30.4 Å². The predicted octanol–water partition coefficient (Wildman–Crippen LogP) is 2.82. The Morgan fingerprint density at radius 3 is 1.89 bits per heavy atom. The van der Waals surface area contributed by atoms with Gasteiger partial charge in [-0.3, -0.25) is 0 Å². The molecule has 0 aliphatic carbocycles. The van der Waals surface area contributed by atoms with E-state index in [1.165, 1.54) is 0 Å². The van der Waals surface area contributed by atoms with Gasteiger partial charge in [0, 0.05) is 11.5 Å². The average Bonchev–Trinajstić information content (AvgIpc) is 1.89. The van der Waals surface area contributed by atoms with Crippen LogP contribution in [-0.2, 0) is 0 Å². The van der Waals surface area contributed by atoms with Crippen molar-refractivity contribution in [2.45, 2.75) is 0 Å². The zero-order valence-electron chi connectivity index (χ0n) is 5.30. The summed E-state index contributed by atoms with van der Waals surface area (Å²) in [7, 11) is 0. The Hall–Kier alpha value is 0.180. The van der Waals surface area contributed by atoms with E-state index >= 15 is 0 Å². The molecule has 0 saturated carbocycles. The lowest BCUT2D eigenvalue weighted by Crippen LogP contribution is -1.68. The largest absolute Gasteiger partial charge is 0.135 e. The van der Waals surface area contributed by atoms with Crippen LogP contribution in [0.5, 0.6) is 0 Å². The molecule has 0 aromatic heterocycles. The topological polar surface area (TPSA) is 0 Å². The Morgan fingerprint density at radius 1 is 1.11 bits per heavy atom. The van der Waals surface area contributed by atoms with E-state index in [0.717, 1.165) is 11.5 Å². The molecule has 0 aromatic carbocycles. The van der Waals surface area contributed by atoms with Crippen LogP contribution in [0.2, 0.25) is 0 Å². The summed E-state index contributed by atoms with van der Waals surface area (Å²) < 4.78 is 0. The van der Waals surface area contributed by atoms with Gasteiger partial charge in [-0.1, -0.05) is 12.2 Å². The third-order valence-electron chi connectivity index (χ3n) is 0.520. The van der Waals surface area contributed by atoms with Crippen molar-refractivity contribution in [1.82, 2.24) is 0 Å². The summed E-state index contributed by atoms with van der Waals surface area (Å²) in [5.41, 5.74) is 0. The number of hydrogen-bond acceptors (Lipinski definition) is 2. The lowest BCUT2D eigenvalue weighted by atomic mass is 10.8. The van der Waals surface area contributed by atoms with Crippen molar-refractivity contribution in [2.24, 2.45) is 0 Å². The molecule has 0 rings (SSSR count). The highest BCUT2D eigenvalue weighted by Crippen LogP contribution is 2.17. The quantitative estimate of drug-likeness (QED) is 0.430. The summed E-state index contributed by atoms with van der Waals surface area (Å²) in [5.74, 6) is 1.90. The van der Waals surface area contributed by atoms with Crippen molar-refractivity contribution in [3.8, 4) is 0 Å². The second kappa shape index (κ2) is 8.18. The van der Waals surface area contributed by atoms with Gasteiger partial charge in [0.2, 0.25) is 0 Å². The first kappa shape index (κ1) is 9.18. The smallest absolute Gasteiger partial charge is 0.114 e. The number of thioether (sulfide) groups is 2. The molecule has 0 aliphatic rings. The van der Waals surface area contributed by atoms with E-state index in [2.05, 4.69) is 18.2 Å². The van der Waals surface area contributed by atoms with E-state index < -0.39 is 0 Å². The normalized spacial score (nSPS) is 8.89. The second-order valence-corrected chi connectivity index (χ2v) is 3.19. The molecule has 2 heteroatoms. The van der Waals surface area contributed by atoms with E-state index in [0.29, 0.717) is 0 Å². The molecular formula is C7H10S2. The van der Waals surface area contributed by atoms with Gasteiger partial charge in [0.15, 0.2) is 0 Å². The second-order valence-electron chi connectivity index (χ2n) is 1.28. The van der Waals surface area contributed by atoms with Crippen molar-refractivity contribution in [1.29, 1.82) is 0 Å². The van der Waals surface area contributed by atoms with Gasteiger partial charge >= 0.3 is 0 Å². The van der Waals surface area contributed by atoms with Gasteiger partial charge in [-0.2, -0.15) is 0 Å². The molecule has 9 heavy (non-hydrogen) atoms. The maximum Gasteiger partial charge on any atom is 0.114 e. The maximum absolute atomic E-state index is 3.59. The van der Waals surface area contributed by atoms with Gasteiger partial charge in [-0.05, 0) is 0 Å². The minimum Gasteiger partial charge on any atom is -0.135 e. The van der Waals surface area contributed by atoms with Gasteiger partial charge in [0.25, 0.3) is 0 Å². The van der Waals surface area contributed by atoms with Crippen LogP contribution in [-0.4, -0.2) is 11.5 Å². The molecule has 0 heterocycles. The van der Waals surface area contributed by atoms with Crippen molar-refractivity contribution < 1.29 is 0 Å². The standard InChI is InChI=1S/C7H10S2/c1-3-5-8-7-9-6-4-2/h3-4H,1-2,5-6H2. The first-order chi connectivity index (χ1) is 4.41. The molecule has 0 saturated heterocycles. The van der Waals surface area contributed by atoms with Crippen LogP contribution in [0.15, 0.2) is 25.3 Å². The fourth-order valence-electron chi connectivity index (χ4n) is 0.228. The van der Waals surface area contributed by atoms with Crippen LogP contribution in [0.25, 0.3) is 0 Å². The van der Waals surface area contributed by atoms with Crippen LogP contribution in [0, 0.1) is 5.08 Å². The predicted molar refractivity (Wildman–Crippen MR) is 48.6 cm³/mol. The highest BCUT2D eigenvalue weighted by Gasteiger charge is 1.84. The van der Waals surface area contributed by atoms with Crippen molar-refractivity contribution >= 4 is 23.5 Å². The summed E-state index contributed by atoms with van der Waals surface area (Å²) in [4.78, 5) is 0. The van der Waals surface area contributed by atoms with E-state index in [4.69, 9.17) is 0 Å². The molecule has 0 N–H and O–H groups in total. The van der Waals surface area contributed by atoms with E-state index in [1.54, 1.807) is 23.5 Å². The van der Waals surface area contributed by atoms with Crippen molar-refractivity contribution in [3.63, 3.8) is 0 Å². The summed E-state index contributed by atoms with van der Waals surface area (Å²) in [6.07, 6.45) is 3.73. The monoisotopic (exact) mass is 158 g/mol. The molecule has 50 valence electrons. The molecule has 0 nitrogen and oxygen atoms in total. The molecule has 0 spiro atoms. The van der Waals surface area contributed by atoms with Gasteiger partial charge in [0.1, 0.15) is 5.08 Å². The van der Waals surface area contributed by atoms with E-state index in [1.807, 2.05) is 12.2 Å². The third kappa shape index (κ3) is 8.18. The average molecular weight is 158 g/mol. The fraction of sp³-hybridized carbons (Fsp3) is 0.286. The van der Waals surface area contributed by atoms with Gasteiger partial charge < -0.3 is 0 Å². The Labute approximate surface area is 65.8 Å². The van der Waals surface area contributed by atoms with Crippen LogP contribution in [0.1, 0.15) is 0 Å². The molecule has 0 bridgehead atoms. The highest BCUT2D eigenvalue weighted by molar-refractivity contribution is 8.19. The SMILES string of the molecule is C=CCS[C]SCC=C. The molecule has 0 aromatic rings. The minimum atomic E-state index is 0.949. The number of rotatable bonds is 6. The zero-order valence-corrected chi connectivity index (χ0v) is 6.93. The fourth-order valence-corrected chi connectivity index (χ4v) is 1.34. The molecule has 0 atom stereocenters. The molecule has 0 aliphatic heterocycles. The zero-order chi connectivity index (χ0) is 6.95. The number of hydrogen-bond donors (Lipinski definition) is 0. The van der Waals surface area contributed by atoms with Gasteiger partial charge in [-0.15, -0.1) is 36.7 Å². The van der Waals surface area contributed by atoms with Crippen LogP contribution in [0.4, 0.5) is 0 Å². The van der Waals surface area contributed by atoms with Gasteiger partial charge in [0.05, 0.1) is 0 Å². The molecular weight excluding hydrogens is 148 g/mol. The molecule has 0 fully saturated rings. The van der Waals surface area contributed by atoms with Crippen LogP contribution < -0.4 is 0 Å². The summed E-state index contributed by atoms with van der Waals surface area (Å²) in [6.45, 7) is 7.18. The Bertz CT molecular complexity index is 69.0. The van der Waals surface area contributed by atoms with Crippen LogP contribution in [0.3, 0.4) is 0 Å². The molecule has 0 unspecified atom stereocenters. The Kier molecular flexibility index (Phi) is 8.34. The van der Waals surface area contributed by atoms with Crippen molar-refractivity contribution in [2.75, 3.05) is 11.5 Å². The minimum absolute atomic E-state index is 0.949. The lowest BCUT2D eigenvalue weighted by Gasteiger charge is -1.91. The molecule has 2 radical (unpaired) electrons. The van der Waals surface area contributed by atoms with E-state index in [-0.39, 0.29) is 0 Å². The van der Waals surface area contributed by atoms with Crippen LogP contribution >= 0.6 is 23.5 Å². The summed E-state index contributed by atoms with van der Waals surface area (Å²) in [5, 5.41) is 3.08. The summed E-state index contributed by atoms with van der Waals surface area (Å²) >= 11 is 3.28. The first-order valence-corrected chi connectivity index (χ1v) is 4.59. The summed E-state index contributed by atoms with van der Waals surface area (Å²) in [6, 6.07) is 0.